The van der Waals surface area contributed by atoms with Gasteiger partial charge in [0.2, 0.25) is 0 Å². The summed E-state index contributed by atoms with van der Waals surface area (Å²) in [5.74, 6) is 0. The zero-order valence-electron chi connectivity index (χ0n) is 10.1. The third-order valence-electron chi connectivity index (χ3n) is 2.81. The Morgan fingerprint density at radius 1 is 0.647 bits per heavy atom. The molecule has 0 spiro atoms. The van der Waals surface area contributed by atoms with Crippen molar-refractivity contribution < 1.29 is 0 Å². The molecule has 3 heterocycles. The van der Waals surface area contributed by atoms with E-state index in [-0.39, 0.29) is 0 Å². The van der Waals surface area contributed by atoms with Crippen LogP contribution in [0.2, 0.25) is 0 Å². The van der Waals surface area contributed by atoms with Crippen LogP contribution in [0.15, 0.2) is 28.1 Å². The second kappa shape index (κ2) is 4.37. The van der Waals surface area contributed by atoms with Crippen molar-refractivity contribution in [3.63, 3.8) is 0 Å². The molecule has 2 aliphatic heterocycles. The second-order valence-corrected chi connectivity index (χ2v) is 9.14. The maximum Gasteiger partial charge on any atom is 0.0707 e. The van der Waals surface area contributed by atoms with E-state index >= 15 is 0 Å². The molecule has 0 amide bonds. The van der Waals surface area contributed by atoms with Gasteiger partial charge in [-0.1, -0.05) is 47.0 Å². The Hall–Kier alpha value is 0.160. The zero-order valence-corrected chi connectivity index (χ0v) is 13.4. The first-order valence-electron chi connectivity index (χ1n) is 5.38. The molecule has 1 aromatic heterocycles. The largest absolute Gasteiger partial charge is 0.361 e. The van der Waals surface area contributed by atoms with Crippen LogP contribution in [0.3, 0.4) is 0 Å². The van der Waals surface area contributed by atoms with Gasteiger partial charge in [0.15, 0.2) is 0 Å². The first-order valence-corrected chi connectivity index (χ1v) is 8.65. The van der Waals surface area contributed by atoms with Gasteiger partial charge in [-0.05, 0) is 37.5 Å². The van der Waals surface area contributed by atoms with Crippen molar-refractivity contribution in [1.29, 1.82) is 0 Å². The summed E-state index contributed by atoms with van der Waals surface area (Å²) in [6, 6.07) is 0. The number of rotatable bonds is 0. The Labute approximate surface area is 119 Å². The van der Waals surface area contributed by atoms with Gasteiger partial charge >= 0.3 is 0 Å². The maximum atomic E-state index is 3.42. The summed E-state index contributed by atoms with van der Waals surface area (Å²) in [6.07, 6.45) is 0. The van der Waals surface area contributed by atoms with E-state index in [4.69, 9.17) is 0 Å². The van der Waals surface area contributed by atoms with Crippen LogP contribution in [-0.2, 0) is 0 Å². The van der Waals surface area contributed by atoms with Crippen molar-refractivity contribution >= 4 is 47.0 Å². The topological polar surface area (TPSA) is 15.8 Å². The Bertz CT molecular complexity index is 521. The van der Waals surface area contributed by atoms with E-state index in [9.17, 15) is 0 Å². The summed E-state index contributed by atoms with van der Waals surface area (Å²) in [6.45, 7) is 8.75. The molecular weight excluding hydrogens is 286 g/mol. The lowest BCUT2D eigenvalue weighted by Gasteiger charge is -2.01. The minimum Gasteiger partial charge on any atom is -0.361 e. The molecule has 0 fully saturated rings. The van der Waals surface area contributed by atoms with Crippen LogP contribution in [0.1, 0.15) is 25.2 Å². The van der Waals surface area contributed by atoms with Gasteiger partial charge in [-0.2, -0.15) is 0 Å². The van der Waals surface area contributed by atoms with Gasteiger partial charge in [-0.3, -0.25) is 0 Å². The SMILES string of the molecule is CC1=C(C)SC(=C2Sc3c(C)[nH]c(C)c3S2)S1. The van der Waals surface area contributed by atoms with Gasteiger partial charge in [-0.25, -0.2) is 0 Å². The number of hydrogen-bond donors (Lipinski definition) is 1. The fourth-order valence-corrected chi connectivity index (χ4v) is 7.33. The highest BCUT2D eigenvalue weighted by Crippen LogP contribution is 2.61. The summed E-state index contributed by atoms with van der Waals surface area (Å²) >= 11 is 7.71. The predicted molar refractivity (Wildman–Crippen MR) is 82.6 cm³/mol. The zero-order chi connectivity index (χ0) is 12.2. The lowest BCUT2D eigenvalue weighted by atomic mass is 10.4. The van der Waals surface area contributed by atoms with Crippen LogP contribution in [0.4, 0.5) is 0 Å². The number of aromatic nitrogens is 1. The van der Waals surface area contributed by atoms with Crippen molar-refractivity contribution in [3.05, 3.63) is 29.7 Å². The monoisotopic (exact) mass is 299 g/mol. The van der Waals surface area contributed by atoms with Crippen molar-refractivity contribution in [2.24, 2.45) is 0 Å². The van der Waals surface area contributed by atoms with Gasteiger partial charge in [0.25, 0.3) is 0 Å². The smallest absolute Gasteiger partial charge is 0.0707 e. The van der Waals surface area contributed by atoms with Crippen LogP contribution in [0, 0.1) is 13.8 Å². The highest BCUT2D eigenvalue weighted by Gasteiger charge is 2.28. The van der Waals surface area contributed by atoms with E-state index in [1.807, 2.05) is 47.0 Å². The minimum absolute atomic E-state index is 1.31. The van der Waals surface area contributed by atoms with Crippen LogP contribution < -0.4 is 0 Å². The lowest BCUT2D eigenvalue weighted by molar-refractivity contribution is 1.16. The van der Waals surface area contributed by atoms with Gasteiger partial charge in [0, 0.05) is 21.2 Å². The first kappa shape index (κ1) is 12.2. The number of H-pyrrole nitrogens is 1. The quantitative estimate of drug-likeness (QED) is 0.662. The fraction of sp³-hybridized carbons (Fsp3) is 0.333. The van der Waals surface area contributed by atoms with Crippen LogP contribution in [0.25, 0.3) is 0 Å². The van der Waals surface area contributed by atoms with Gasteiger partial charge in [0.05, 0.1) is 8.47 Å². The van der Waals surface area contributed by atoms with E-state index in [0.29, 0.717) is 0 Å². The molecule has 17 heavy (non-hydrogen) atoms. The van der Waals surface area contributed by atoms with Crippen LogP contribution in [0.5, 0.6) is 0 Å². The van der Waals surface area contributed by atoms with Crippen molar-refractivity contribution in [1.82, 2.24) is 4.98 Å². The van der Waals surface area contributed by atoms with Crippen LogP contribution in [-0.4, -0.2) is 4.98 Å². The van der Waals surface area contributed by atoms with Crippen molar-refractivity contribution in [3.8, 4) is 0 Å². The Morgan fingerprint density at radius 2 is 1.06 bits per heavy atom. The molecule has 0 aliphatic carbocycles. The fourth-order valence-electron chi connectivity index (χ4n) is 1.80. The molecule has 1 nitrogen and oxygen atoms in total. The van der Waals surface area contributed by atoms with Crippen molar-refractivity contribution in [2.75, 3.05) is 0 Å². The molecule has 0 radical (unpaired) electrons. The average molecular weight is 300 g/mol. The van der Waals surface area contributed by atoms with E-state index in [1.54, 1.807) is 0 Å². The van der Waals surface area contributed by atoms with E-state index in [2.05, 4.69) is 32.7 Å². The van der Waals surface area contributed by atoms with E-state index in [1.165, 1.54) is 39.5 Å². The lowest BCUT2D eigenvalue weighted by Crippen LogP contribution is -1.75. The number of aryl methyl sites for hydroxylation is 2. The summed E-state index contributed by atoms with van der Waals surface area (Å²) in [4.78, 5) is 9.18. The number of nitrogens with one attached hydrogen (secondary N) is 1. The normalized spacial score (nSPS) is 19.5. The van der Waals surface area contributed by atoms with Gasteiger partial charge < -0.3 is 4.98 Å². The molecule has 90 valence electrons. The van der Waals surface area contributed by atoms with Gasteiger partial charge in [0.1, 0.15) is 0 Å². The Kier molecular flexibility index (Phi) is 3.14. The molecular formula is C12H13NS4. The highest BCUT2D eigenvalue weighted by atomic mass is 32.2. The average Bonchev–Trinajstić information content (AvgIpc) is 2.88. The van der Waals surface area contributed by atoms with Crippen molar-refractivity contribution in [2.45, 2.75) is 37.5 Å². The molecule has 0 saturated heterocycles. The molecule has 0 atom stereocenters. The highest BCUT2D eigenvalue weighted by molar-refractivity contribution is 8.32. The first-order chi connectivity index (χ1) is 8.06. The minimum atomic E-state index is 1.31. The third kappa shape index (κ3) is 2.01. The maximum absolute atomic E-state index is 3.42. The summed E-state index contributed by atoms with van der Waals surface area (Å²) < 4.78 is 2.92. The summed E-state index contributed by atoms with van der Waals surface area (Å²) in [5.41, 5.74) is 2.61. The standard InChI is InChI=1S/C12H13NS4/c1-5-9-10(6(2)13-5)17-12(16-9)11-14-7(3)8(4)15-11/h13H,1-4H3. The van der Waals surface area contributed by atoms with Crippen LogP contribution >= 0.6 is 47.0 Å². The molecule has 0 bridgehead atoms. The number of hydrogen-bond acceptors (Lipinski definition) is 4. The number of aromatic amines is 1. The predicted octanol–water partition coefficient (Wildman–Crippen LogP) is 5.69. The molecule has 1 N–H and O–H groups in total. The number of fused-ring (bicyclic) bond motifs is 1. The molecule has 0 unspecified atom stereocenters. The Balaban J connectivity index is 1.93. The molecule has 0 aromatic carbocycles. The van der Waals surface area contributed by atoms with E-state index in [0.717, 1.165) is 0 Å². The Morgan fingerprint density at radius 3 is 1.53 bits per heavy atom. The molecule has 5 heteroatoms. The van der Waals surface area contributed by atoms with Gasteiger partial charge in [-0.15, -0.1) is 0 Å². The number of thioether (sulfide) groups is 4. The molecule has 0 saturated carbocycles. The number of allylic oxidation sites excluding steroid dienone is 2. The summed E-state index contributed by atoms with van der Waals surface area (Å²) in [5, 5.41) is 0. The summed E-state index contributed by atoms with van der Waals surface area (Å²) in [7, 11) is 0. The van der Waals surface area contributed by atoms with E-state index < -0.39 is 0 Å². The second-order valence-electron chi connectivity index (χ2n) is 4.13. The molecule has 1 aromatic rings. The third-order valence-corrected chi connectivity index (χ3v) is 8.79. The molecule has 3 rings (SSSR count). The molecule has 2 aliphatic rings.